The topological polar surface area (TPSA) is 0 Å². The zero-order valence-electron chi connectivity index (χ0n) is 8.88. The molecule has 0 spiro atoms. The highest BCUT2D eigenvalue weighted by atomic mass is 14.0. The predicted octanol–water partition coefficient (Wildman–Crippen LogP) is 2.46. The van der Waals surface area contributed by atoms with Gasteiger partial charge in [-0.05, 0) is 54.3 Å². The van der Waals surface area contributed by atoms with Crippen LogP contribution in [-0.4, -0.2) is 0 Å². The van der Waals surface area contributed by atoms with Crippen LogP contribution < -0.4 is 10.4 Å². The molecule has 0 saturated heterocycles. The number of hydrogen-bond acceptors (Lipinski definition) is 0. The molecule has 0 heterocycles. The van der Waals surface area contributed by atoms with E-state index in [1.54, 1.807) is 0 Å². The van der Waals surface area contributed by atoms with Crippen molar-refractivity contribution in [3.05, 3.63) is 40.3 Å². The van der Waals surface area contributed by atoms with E-state index in [0.29, 0.717) is 0 Å². The number of allylic oxidation sites excluding steroid dienone is 2. The minimum atomic E-state index is 1.19. The summed E-state index contributed by atoms with van der Waals surface area (Å²) in [4.78, 5) is 0. The maximum absolute atomic E-state index is 2.34. The second-order valence-corrected chi connectivity index (χ2v) is 3.80. The first-order valence-corrected chi connectivity index (χ1v) is 5.25. The fourth-order valence-corrected chi connectivity index (χ4v) is 1.83. The largest absolute Gasteiger partial charge is 0.0841 e. The Balaban J connectivity index is 2.61. The lowest BCUT2D eigenvalue weighted by atomic mass is 10.0. The normalized spacial score (nSPS) is 15.4. The van der Waals surface area contributed by atoms with Crippen LogP contribution in [0.25, 0.3) is 17.7 Å². The first-order valence-electron chi connectivity index (χ1n) is 5.25. The fraction of sp³-hybridized carbons (Fsp3) is 0.286. The molecule has 0 fully saturated rings. The Morgan fingerprint density at radius 2 is 1.86 bits per heavy atom. The van der Waals surface area contributed by atoms with E-state index in [1.165, 1.54) is 34.4 Å². The molecule has 0 amide bonds. The van der Waals surface area contributed by atoms with Crippen molar-refractivity contribution in [1.82, 2.24) is 0 Å². The van der Waals surface area contributed by atoms with Gasteiger partial charge < -0.3 is 0 Å². The Morgan fingerprint density at radius 1 is 1.14 bits per heavy atom. The van der Waals surface area contributed by atoms with Crippen molar-refractivity contribution in [3.8, 4) is 0 Å². The third kappa shape index (κ3) is 1.65. The van der Waals surface area contributed by atoms with Gasteiger partial charge >= 0.3 is 0 Å². The number of fused-ring (bicyclic) bond motifs is 1. The summed E-state index contributed by atoms with van der Waals surface area (Å²) in [5, 5.41) is 2.79. The van der Waals surface area contributed by atoms with Crippen molar-refractivity contribution in [3.63, 3.8) is 0 Å². The molecule has 0 unspecified atom stereocenters. The Morgan fingerprint density at radius 3 is 2.57 bits per heavy atom. The smallest absolute Gasteiger partial charge is 0.0221 e. The maximum atomic E-state index is 2.34. The van der Waals surface area contributed by atoms with Crippen LogP contribution in [0.2, 0.25) is 0 Å². The summed E-state index contributed by atoms with van der Waals surface area (Å²) < 4.78 is 0. The van der Waals surface area contributed by atoms with Crippen molar-refractivity contribution < 1.29 is 0 Å². The average Bonchev–Trinajstić information content (AvgIpc) is 2.27. The molecule has 0 bridgehead atoms. The lowest BCUT2D eigenvalue weighted by Crippen LogP contribution is -2.26. The molecular formula is C14H16. The van der Waals surface area contributed by atoms with Crippen molar-refractivity contribution in [2.45, 2.75) is 26.7 Å². The highest BCUT2D eigenvalue weighted by molar-refractivity contribution is 5.63. The molecule has 0 radical (unpaired) electrons. The monoisotopic (exact) mass is 184 g/mol. The number of rotatable bonds is 1. The van der Waals surface area contributed by atoms with Crippen molar-refractivity contribution in [1.29, 1.82) is 0 Å². The standard InChI is InChI=1S/C14H16/c1-3-11(2)13-9-8-12-6-4-5-7-14(12)10-13/h3,6-10H,4-5H2,1-2H3/b11-3-. The van der Waals surface area contributed by atoms with Gasteiger partial charge in [-0.1, -0.05) is 30.4 Å². The summed E-state index contributed by atoms with van der Waals surface area (Å²) >= 11 is 0. The molecule has 0 atom stereocenters. The Kier molecular flexibility index (Phi) is 2.53. The minimum Gasteiger partial charge on any atom is -0.0841 e. The molecule has 0 nitrogen and oxygen atoms in total. The molecule has 72 valence electrons. The summed E-state index contributed by atoms with van der Waals surface area (Å²) in [6.07, 6.45) is 9.19. The number of hydrogen-bond donors (Lipinski definition) is 0. The van der Waals surface area contributed by atoms with Crippen LogP contribution >= 0.6 is 0 Å². The molecule has 0 saturated carbocycles. The zero-order chi connectivity index (χ0) is 9.97. The third-order valence-corrected chi connectivity index (χ3v) is 2.87. The second-order valence-electron chi connectivity index (χ2n) is 3.80. The van der Waals surface area contributed by atoms with Gasteiger partial charge in [-0.2, -0.15) is 0 Å². The molecular weight excluding hydrogens is 168 g/mol. The molecule has 2 rings (SSSR count). The van der Waals surface area contributed by atoms with Gasteiger partial charge in [0.25, 0.3) is 0 Å². The van der Waals surface area contributed by atoms with Gasteiger partial charge in [0, 0.05) is 0 Å². The maximum Gasteiger partial charge on any atom is -0.0221 e. The van der Waals surface area contributed by atoms with Crippen LogP contribution in [-0.2, 0) is 0 Å². The molecule has 0 N–H and O–H groups in total. The zero-order valence-corrected chi connectivity index (χ0v) is 8.88. The SMILES string of the molecule is C/C=C(/C)c1ccc2c(c1)=CCCC=2. The third-order valence-electron chi connectivity index (χ3n) is 2.87. The molecule has 0 aromatic heterocycles. The summed E-state index contributed by atoms with van der Waals surface area (Å²) in [5.41, 5.74) is 2.70. The molecule has 0 heteroatoms. The van der Waals surface area contributed by atoms with Gasteiger partial charge in [-0.25, -0.2) is 0 Å². The lowest BCUT2D eigenvalue weighted by Gasteiger charge is -2.04. The Hall–Kier alpha value is -1.30. The van der Waals surface area contributed by atoms with Crippen molar-refractivity contribution in [2.24, 2.45) is 0 Å². The van der Waals surface area contributed by atoms with Gasteiger partial charge in [0.05, 0.1) is 0 Å². The minimum absolute atomic E-state index is 1.19. The first kappa shape index (κ1) is 9.26. The van der Waals surface area contributed by atoms with Crippen LogP contribution in [0, 0.1) is 0 Å². The van der Waals surface area contributed by atoms with Crippen LogP contribution in [0.5, 0.6) is 0 Å². The highest BCUT2D eigenvalue weighted by Gasteiger charge is 1.97. The summed E-state index contributed by atoms with van der Waals surface area (Å²) in [5.74, 6) is 0. The van der Waals surface area contributed by atoms with E-state index in [0.717, 1.165) is 0 Å². The molecule has 14 heavy (non-hydrogen) atoms. The van der Waals surface area contributed by atoms with Crippen molar-refractivity contribution in [2.75, 3.05) is 0 Å². The molecule has 1 aromatic rings. The van der Waals surface area contributed by atoms with Crippen molar-refractivity contribution >= 4 is 17.7 Å². The summed E-state index contributed by atoms with van der Waals surface area (Å²) in [7, 11) is 0. The second kappa shape index (κ2) is 3.83. The molecule has 0 aliphatic heterocycles. The van der Waals surface area contributed by atoms with E-state index in [2.05, 4.69) is 50.3 Å². The van der Waals surface area contributed by atoms with Gasteiger partial charge in [0.15, 0.2) is 0 Å². The first-order chi connectivity index (χ1) is 6.81. The number of benzene rings is 1. The van der Waals surface area contributed by atoms with E-state index in [9.17, 15) is 0 Å². The van der Waals surface area contributed by atoms with Crippen LogP contribution in [0.4, 0.5) is 0 Å². The van der Waals surface area contributed by atoms with Gasteiger partial charge in [-0.3, -0.25) is 0 Å². The van der Waals surface area contributed by atoms with E-state index in [-0.39, 0.29) is 0 Å². The van der Waals surface area contributed by atoms with E-state index >= 15 is 0 Å². The van der Waals surface area contributed by atoms with Crippen LogP contribution in [0.3, 0.4) is 0 Å². The quantitative estimate of drug-likeness (QED) is 0.629. The van der Waals surface area contributed by atoms with Gasteiger partial charge in [-0.15, -0.1) is 0 Å². The molecule has 1 aliphatic rings. The van der Waals surface area contributed by atoms with E-state index in [1.807, 2.05) is 0 Å². The lowest BCUT2D eigenvalue weighted by molar-refractivity contribution is 1.12. The fourth-order valence-electron chi connectivity index (χ4n) is 1.83. The highest BCUT2D eigenvalue weighted by Crippen LogP contribution is 2.09. The van der Waals surface area contributed by atoms with Gasteiger partial charge in [0.1, 0.15) is 0 Å². The van der Waals surface area contributed by atoms with Gasteiger partial charge in [0.2, 0.25) is 0 Å². The van der Waals surface area contributed by atoms with Crippen LogP contribution in [0.15, 0.2) is 24.3 Å². The molecule has 1 aliphatic carbocycles. The van der Waals surface area contributed by atoms with Crippen LogP contribution in [0.1, 0.15) is 32.3 Å². The predicted molar refractivity (Wildman–Crippen MR) is 63.2 cm³/mol. The Bertz CT molecular complexity index is 475. The van der Waals surface area contributed by atoms with E-state index < -0.39 is 0 Å². The average molecular weight is 184 g/mol. The molecule has 1 aromatic carbocycles. The Labute approximate surface area is 85.3 Å². The van der Waals surface area contributed by atoms with E-state index in [4.69, 9.17) is 0 Å². The summed E-state index contributed by atoms with van der Waals surface area (Å²) in [6, 6.07) is 6.73. The summed E-state index contributed by atoms with van der Waals surface area (Å²) in [6.45, 7) is 4.25.